The van der Waals surface area contributed by atoms with Gasteiger partial charge in [-0.1, -0.05) is 48.0 Å². The lowest BCUT2D eigenvalue weighted by Gasteiger charge is -2.19. The molecule has 1 amide bonds. The second kappa shape index (κ2) is 10.8. The zero-order valence-electron chi connectivity index (χ0n) is 18.8. The third-order valence-corrected chi connectivity index (χ3v) is 6.95. The minimum Gasteiger partial charge on any atom is -0.492 e. The molecule has 0 aromatic heterocycles. The Morgan fingerprint density at radius 1 is 1.00 bits per heavy atom. The van der Waals surface area contributed by atoms with Crippen molar-refractivity contribution in [3.05, 3.63) is 88.4 Å². The number of ether oxygens (including phenoxy) is 1. The molecule has 2 N–H and O–H groups in total. The van der Waals surface area contributed by atoms with Crippen LogP contribution in [0.15, 0.2) is 71.6 Å². The van der Waals surface area contributed by atoms with Gasteiger partial charge in [-0.3, -0.25) is 4.79 Å². The lowest BCUT2D eigenvalue weighted by atomic mass is 10.1. The van der Waals surface area contributed by atoms with E-state index >= 15 is 0 Å². The number of aryl methyl sites for hydroxylation is 2. The number of amides is 1. The standard InChI is InChI=1S/C25H27ClN2O4S/c1-4-32-24-13-12-21(16-22(24)26)33(30,31)28-23(15-19-8-6-5-7-9-19)25(29)27-20-11-10-17(2)18(3)14-20/h5-14,16,23,28H,4,15H2,1-3H3,(H,27,29)/t23-/m1/s1. The molecule has 0 aliphatic heterocycles. The monoisotopic (exact) mass is 486 g/mol. The number of carbonyl (C=O) groups is 1. The van der Waals surface area contributed by atoms with E-state index in [0.29, 0.717) is 18.0 Å². The zero-order valence-corrected chi connectivity index (χ0v) is 20.3. The molecule has 174 valence electrons. The van der Waals surface area contributed by atoms with Gasteiger partial charge in [0.05, 0.1) is 16.5 Å². The number of anilines is 1. The first-order valence-electron chi connectivity index (χ1n) is 10.6. The highest BCUT2D eigenvalue weighted by atomic mass is 35.5. The Kier molecular flexibility index (Phi) is 8.13. The van der Waals surface area contributed by atoms with Crippen LogP contribution in [0.2, 0.25) is 5.02 Å². The van der Waals surface area contributed by atoms with Crippen LogP contribution in [0.25, 0.3) is 0 Å². The van der Waals surface area contributed by atoms with E-state index in [4.69, 9.17) is 16.3 Å². The number of hydrogen-bond acceptors (Lipinski definition) is 4. The van der Waals surface area contributed by atoms with Gasteiger partial charge in [-0.25, -0.2) is 8.42 Å². The van der Waals surface area contributed by atoms with Crippen molar-refractivity contribution >= 4 is 33.2 Å². The van der Waals surface area contributed by atoms with Crippen LogP contribution in [0.3, 0.4) is 0 Å². The maximum absolute atomic E-state index is 13.1. The molecular formula is C25H27ClN2O4S. The van der Waals surface area contributed by atoms with Gasteiger partial charge in [0.15, 0.2) is 0 Å². The fourth-order valence-electron chi connectivity index (χ4n) is 3.26. The van der Waals surface area contributed by atoms with Crippen LogP contribution in [0.1, 0.15) is 23.6 Å². The van der Waals surface area contributed by atoms with Crippen molar-refractivity contribution in [2.75, 3.05) is 11.9 Å². The van der Waals surface area contributed by atoms with E-state index in [1.807, 2.05) is 63.2 Å². The van der Waals surface area contributed by atoms with Gasteiger partial charge in [0.25, 0.3) is 0 Å². The first kappa shape index (κ1) is 24.8. The molecule has 1 atom stereocenters. The molecule has 0 aliphatic rings. The Hall–Kier alpha value is -2.87. The lowest BCUT2D eigenvalue weighted by Crippen LogP contribution is -2.45. The van der Waals surface area contributed by atoms with Crippen molar-refractivity contribution in [3.8, 4) is 5.75 Å². The number of hydrogen-bond donors (Lipinski definition) is 2. The summed E-state index contributed by atoms with van der Waals surface area (Å²) in [5.41, 5.74) is 3.55. The molecule has 8 heteroatoms. The average molecular weight is 487 g/mol. The Bertz CT molecular complexity index is 1230. The van der Waals surface area contributed by atoms with Crippen LogP contribution in [0.4, 0.5) is 5.69 Å². The molecular weight excluding hydrogens is 460 g/mol. The van der Waals surface area contributed by atoms with Crippen molar-refractivity contribution in [2.24, 2.45) is 0 Å². The molecule has 3 aromatic rings. The summed E-state index contributed by atoms with van der Waals surface area (Å²) in [6.07, 6.45) is 0.182. The van der Waals surface area contributed by atoms with Crippen molar-refractivity contribution in [1.29, 1.82) is 0 Å². The zero-order chi connectivity index (χ0) is 24.0. The molecule has 3 aromatic carbocycles. The summed E-state index contributed by atoms with van der Waals surface area (Å²) in [4.78, 5) is 13.1. The average Bonchev–Trinajstić information content (AvgIpc) is 2.78. The first-order chi connectivity index (χ1) is 15.7. The summed E-state index contributed by atoms with van der Waals surface area (Å²) in [5, 5.41) is 3.01. The Labute approximate surface area is 200 Å². The number of halogens is 1. The largest absolute Gasteiger partial charge is 0.492 e. The number of sulfonamides is 1. The SMILES string of the molecule is CCOc1ccc(S(=O)(=O)N[C@H](Cc2ccccc2)C(=O)Nc2ccc(C)c(C)c2)cc1Cl. The predicted octanol–water partition coefficient (Wildman–Crippen LogP) is 4.88. The number of nitrogens with one attached hydrogen (secondary N) is 2. The summed E-state index contributed by atoms with van der Waals surface area (Å²) >= 11 is 6.18. The van der Waals surface area contributed by atoms with Crippen molar-refractivity contribution in [3.63, 3.8) is 0 Å². The highest BCUT2D eigenvalue weighted by Crippen LogP contribution is 2.27. The van der Waals surface area contributed by atoms with E-state index in [-0.39, 0.29) is 16.3 Å². The molecule has 0 saturated heterocycles. The topological polar surface area (TPSA) is 84.5 Å². The second-order valence-corrected chi connectivity index (χ2v) is 9.80. The van der Waals surface area contributed by atoms with Gasteiger partial charge in [-0.2, -0.15) is 4.72 Å². The van der Waals surface area contributed by atoms with Gasteiger partial charge in [-0.05, 0) is 74.2 Å². The second-order valence-electron chi connectivity index (χ2n) is 7.68. The Balaban J connectivity index is 1.87. The fourth-order valence-corrected chi connectivity index (χ4v) is 4.78. The van der Waals surface area contributed by atoms with Gasteiger partial charge >= 0.3 is 0 Å². The molecule has 3 rings (SSSR count). The number of carbonyl (C=O) groups excluding carboxylic acids is 1. The Morgan fingerprint density at radius 3 is 2.36 bits per heavy atom. The molecule has 0 aliphatic carbocycles. The van der Waals surface area contributed by atoms with E-state index in [1.165, 1.54) is 18.2 Å². The van der Waals surface area contributed by atoms with Gasteiger partial charge in [0.1, 0.15) is 11.8 Å². The van der Waals surface area contributed by atoms with E-state index in [0.717, 1.165) is 16.7 Å². The molecule has 33 heavy (non-hydrogen) atoms. The smallest absolute Gasteiger partial charge is 0.242 e. The quantitative estimate of drug-likeness (QED) is 0.451. The highest BCUT2D eigenvalue weighted by Gasteiger charge is 2.27. The van der Waals surface area contributed by atoms with Crippen LogP contribution < -0.4 is 14.8 Å². The van der Waals surface area contributed by atoms with E-state index in [9.17, 15) is 13.2 Å². The summed E-state index contributed by atoms with van der Waals surface area (Å²) in [6.45, 7) is 6.15. The third-order valence-electron chi connectivity index (χ3n) is 5.18. The normalized spacial score (nSPS) is 12.2. The van der Waals surface area contributed by atoms with Gasteiger partial charge in [-0.15, -0.1) is 0 Å². The summed E-state index contributed by atoms with van der Waals surface area (Å²) in [5.74, 6) is -0.0610. The third kappa shape index (κ3) is 6.57. The number of benzene rings is 3. The highest BCUT2D eigenvalue weighted by molar-refractivity contribution is 7.89. The first-order valence-corrected chi connectivity index (χ1v) is 12.4. The van der Waals surface area contributed by atoms with Crippen molar-refractivity contribution in [2.45, 2.75) is 38.1 Å². The van der Waals surface area contributed by atoms with Crippen LogP contribution in [-0.2, 0) is 21.2 Å². The molecule has 0 fully saturated rings. The molecule has 0 radical (unpaired) electrons. The van der Waals surface area contributed by atoms with Crippen LogP contribution >= 0.6 is 11.6 Å². The molecule has 0 saturated carbocycles. The predicted molar refractivity (Wildman–Crippen MR) is 131 cm³/mol. The van der Waals surface area contributed by atoms with Gasteiger partial charge in [0, 0.05) is 5.69 Å². The maximum atomic E-state index is 13.1. The van der Waals surface area contributed by atoms with Crippen LogP contribution in [-0.4, -0.2) is 27.0 Å². The summed E-state index contributed by atoms with van der Waals surface area (Å²) < 4.78 is 34.2. The maximum Gasteiger partial charge on any atom is 0.242 e. The summed E-state index contributed by atoms with van der Waals surface area (Å²) in [6, 6.07) is 18.0. The lowest BCUT2D eigenvalue weighted by molar-refractivity contribution is -0.117. The van der Waals surface area contributed by atoms with Crippen LogP contribution in [0, 0.1) is 13.8 Å². The summed E-state index contributed by atoms with van der Waals surface area (Å²) in [7, 11) is -4.04. The van der Waals surface area contributed by atoms with E-state index in [2.05, 4.69) is 10.0 Å². The fraction of sp³-hybridized carbons (Fsp3) is 0.240. The Morgan fingerprint density at radius 2 is 1.73 bits per heavy atom. The van der Waals surface area contributed by atoms with E-state index in [1.54, 1.807) is 6.07 Å². The van der Waals surface area contributed by atoms with Crippen LogP contribution in [0.5, 0.6) is 5.75 Å². The van der Waals surface area contributed by atoms with Crippen molar-refractivity contribution in [1.82, 2.24) is 4.72 Å². The molecule has 6 nitrogen and oxygen atoms in total. The molecule has 0 bridgehead atoms. The van der Waals surface area contributed by atoms with E-state index < -0.39 is 22.0 Å². The van der Waals surface area contributed by atoms with Crippen molar-refractivity contribution < 1.29 is 17.9 Å². The molecule has 0 spiro atoms. The minimum absolute atomic E-state index is 0.0482. The van der Waals surface area contributed by atoms with Gasteiger partial charge < -0.3 is 10.1 Å². The minimum atomic E-state index is -4.04. The molecule has 0 unspecified atom stereocenters. The van der Waals surface area contributed by atoms with Gasteiger partial charge in [0.2, 0.25) is 15.9 Å². The molecule has 0 heterocycles. The number of rotatable bonds is 9.